The molecular formula is C15H25NO2. The van der Waals surface area contributed by atoms with Gasteiger partial charge in [0.25, 0.3) is 0 Å². The minimum atomic E-state index is -0.669. The molecule has 0 saturated heterocycles. The highest BCUT2D eigenvalue weighted by Gasteiger charge is 2.50. The fraction of sp³-hybridized carbons (Fsp3) is 0.933. The van der Waals surface area contributed by atoms with Gasteiger partial charge in [0, 0.05) is 12.1 Å². The van der Waals surface area contributed by atoms with Crippen molar-refractivity contribution in [2.45, 2.75) is 58.0 Å². The number of nitrogens with zero attached hydrogens (tertiary/aromatic N) is 1. The maximum absolute atomic E-state index is 11.1. The molecule has 0 aliphatic heterocycles. The maximum atomic E-state index is 11.1. The first-order chi connectivity index (χ1) is 8.54. The third-order valence-electron chi connectivity index (χ3n) is 5.54. The van der Waals surface area contributed by atoms with Crippen molar-refractivity contribution in [3.8, 4) is 0 Å². The van der Waals surface area contributed by atoms with Crippen molar-refractivity contribution in [3.63, 3.8) is 0 Å². The smallest absolute Gasteiger partial charge is 0.317 e. The van der Waals surface area contributed by atoms with E-state index >= 15 is 0 Å². The van der Waals surface area contributed by atoms with E-state index in [-0.39, 0.29) is 6.54 Å². The van der Waals surface area contributed by atoms with Crippen LogP contribution in [0.3, 0.4) is 0 Å². The van der Waals surface area contributed by atoms with Gasteiger partial charge in [-0.25, -0.2) is 0 Å². The van der Waals surface area contributed by atoms with Gasteiger partial charge in [-0.2, -0.15) is 0 Å². The van der Waals surface area contributed by atoms with Gasteiger partial charge in [0.05, 0.1) is 6.54 Å². The SMILES string of the molecule is CC(C)N(CC(=O)O)C1C2CC3CC(C2)CC1C3. The Bertz CT molecular complexity index is 311. The lowest BCUT2D eigenvalue weighted by atomic mass is 9.53. The van der Waals surface area contributed by atoms with Crippen LogP contribution in [-0.4, -0.2) is 34.6 Å². The van der Waals surface area contributed by atoms with Crippen LogP contribution in [0.2, 0.25) is 0 Å². The highest BCUT2D eigenvalue weighted by atomic mass is 16.4. The minimum absolute atomic E-state index is 0.227. The zero-order valence-electron chi connectivity index (χ0n) is 11.5. The van der Waals surface area contributed by atoms with Crippen LogP contribution < -0.4 is 0 Å². The molecule has 1 N–H and O–H groups in total. The Kier molecular flexibility index (Phi) is 3.13. The van der Waals surface area contributed by atoms with Crippen molar-refractivity contribution < 1.29 is 9.90 Å². The molecule has 0 aromatic rings. The summed E-state index contributed by atoms with van der Waals surface area (Å²) in [6, 6.07) is 0.900. The van der Waals surface area contributed by atoms with Gasteiger partial charge in [-0.1, -0.05) is 0 Å². The number of carboxylic acid groups (broad SMARTS) is 1. The molecule has 0 aromatic carbocycles. The average Bonchev–Trinajstić information content (AvgIpc) is 2.25. The number of hydrogen-bond donors (Lipinski definition) is 1. The molecule has 0 radical (unpaired) electrons. The average molecular weight is 251 g/mol. The zero-order chi connectivity index (χ0) is 12.9. The molecule has 4 aliphatic rings. The molecule has 4 aliphatic carbocycles. The molecule has 3 nitrogen and oxygen atoms in total. The van der Waals surface area contributed by atoms with E-state index in [0.717, 1.165) is 23.7 Å². The van der Waals surface area contributed by atoms with Gasteiger partial charge in [-0.15, -0.1) is 0 Å². The molecule has 0 aromatic heterocycles. The summed E-state index contributed by atoms with van der Waals surface area (Å²) in [4.78, 5) is 13.4. The molecule has 3 heteroatoms. The van der Waals surface area contributed by atoms with Gasteiger partial charge in [-0.05, 0) is 69.6 Å². The van der Waals surface area contributed by atoms with E-state index in [1.165, 1.54) is 32.1 Å². The lowest BCUT2D eigenvalue weighted by Gasteiger charge is -2.57. The third kappa shape index (κ3) is 2.07. The minimum Gasteiger partial charge on any atom is -0.480 e. The number of carboxylic acids is 1. The fourth-order valence-electron chi connectivity index (χ4n) is 5.23. The van der Waals surface area contributed by atoms with E-state index in [1.54, 1.807) is 0 Å². The van der Waals surface area contributed by atoms with E-state index in [0.29, 0.717) is 12.1 Å². The highest BCUT2D eigenvalue weighted by molar-refractivity contribution is 5.69. The lowest BCUT2D eigenvalue weighted by molar-refractivity contribution is -0.143. The van der Waals surface area contributed by atoms with Crippen molar-refractivity contribution in [1.82, 2.24) is 4.90 Å². The molecular weight excluding hydrogens is 226 g/mol. The zero-order valence-corrected chi connectivity index (χ0v) is 11.5. The van der Waals surface area contributed by atoms with Crippen molar-refractivity contribution in [1.29, 1.82) is 0 Å². The first-order valence-corrected chi connectivity index (χ1v) is 7.52. The highest BCUT2D eigenvalue weighted by Crippen LogP contribution is 2.55. The van der Waals surface area contributed by atoms with E-state index in [1.807, 2.05) is 0 Å². The predicted octanol–water partition coefficient (Wildman–Crippen LogP) is 2.61. The van der Waals surface area contributed by atoms with Crippen LogP contribution in [-0.2, 0) is 4.79 Å². The van der Waals surface area contributed by atoms with Crippen LogP contribution in [0.4, 0.5) is 0 Å². The van der Waals surface area contributed by atoms with Gasteiger partial charge in [0.15, 0.2) is 0 Å². The Hall–Kier alpha value is -0.570. The number of hydrogen-bond acceptors (Lipinski definition) is 2. The largest absolute Gasteiger partial charge is 0.480 e. The van der Waals surface area contributed by atoms with Crippen LogP contribution >= 0.6 is 0 Å². The van der Waals surface area contributed by atoms with Crippen molar-refractivity contribution in [3.05, 3.63) is 0 Å². The molecule has 0 unspecified atom stereocenters. The molecule has 0 heterocycles. The van der Waals surface area contributed by atoms with Crippen molar-refractivity contribution in [2.75, 3.05) is 6.54 Å². The standard InChI is InChI=1S/C15H25NO2/c1-9(2)16(8-14(17)18)15-12-4-10-3-11(6-12)7-13(15)5-10/h9-13,15H,3-8H2,1-2H3,(H,17,18). The Morgan fingerprint density at radius 3 is 2.00 bits per heavy atom. The maximum Gasteiger partial charge on any atom is 0.317 e. The van der Waals surface area contributed by atoms with Gasteiger partial charge in [0.2, 0.25) is 0 Å². The summed E-state index contributed by atoms with van der Waals surface area (Å²) in [5, 5.41) is 9.15. The lowest BCUT2D eigenvalue weighted by Crippen LogP contribution is -2.58. The topological polar surface area (TPSA) is 40.5 Å². The summed E-state index contributed by atoms with van der Waals surface area (Å²) in [6.07, 6.45) is 6.91. The normalized spacial score (nSPS) is 41.9. The number of rotatable bonds is 4. The summed E-state index contributed by atoms with van der Waals surface area (Å²) in [7, 11) is 0. The van der Waals surface area contributed by atoms with Crippen LogP contribution in [0.15, 0.2) is 0 Å². The summed E-state index contributed by atoms with van der Waals surface area (Å²) in [5.41, 5.74) is 0. The van der Waals surface area contributed by atoms with E-state index in [9.17, 15) is 4.79 Å². The molecule has 0 amide bonds. The van der Waals surface area contributed by atoms with Crippen LogP contribution in [0, 0.1) is 23.7 Å². The van der Waals surface area contributed by atoms with Crippen molar-refractivity contribution >= 4 is 5.97 Å². The molecule has 4 bridgehead atoms. The summed E-state index contributed by atoms with van der Waals surface area (Å²) >= 11 is 0. The number of aliphatic carboxylic acids is 1. The second kappa shape index (κ2) is 4.52. The first kappa shape index (κ1) is 12.5. The predicted molar refractivity (Wildman–Crippen MR) is 70.3 cm³/mol. The second-order valence-corrected chi connectivity index (χ2v) is 7.08. The van der Waals surface area contributed by atoms with Gasteiger partial charge >= 0.3 is 5.97 Å². The van der Waals surface area contributed by atoms with Crippen LogP contribution in [0.25, 0.3) is 0 Å². The molecule has 18 heavy (non-hydrogen) atoms. The summed E-state index contributed by atoms with van der Waals surface area (Å²) in [5.74, 6) is 2.81. The third-order valence-corrected chi connectivity index (χ3v) is 5.54. The van der Waals surface area contributed by atoms with E-state index in [4.69, 9.17) is 5.11 Å². The summed E-state index contributed by atoms with van der Waals surface area (Å²) < 4.78 is 0. The van der Waals surface area contributed by atoms with Gasteiger partial charge in [0.1, 0.15) is 0 Å². The molecule has 4 rings (SSSR count). The van der Waals surface area contributed by atoms with E-state index < -0.39 is 5.97 Å². The fourth-order valence-corrected chi connectivity index (χ4v) is 5.23. The first-order valence-electron chi connectivity index (χ1n) is 7.52. The van der Waals surface area contributed by atoms with Gasteiger partial charge in [-0.3, -0.25) is 9.69 Å². The van der Waals surface area contributed by atoms with E-state index in [2.05, 4.69) is 18.7 Å². The molecule has 4 saturated carbocycles. The molecule has 4 fully saturated rings. The number of carbonyl (C=O) groups is 1. The monoisotopic (exact) mass is 251 g/mol. The molecule has 0 atom stereocenters. The molecule has 102 valence electrons. The van der Waals surface area contributed by atoms with Crippen molar-refractivity contribution in [2.24, 2.45) is 23.7 Å². The van der Waals surface area contributed by atoms with Crippen LogP contribution in [0.5, 0.6) is 0 Å². The second-order valence-electron chi connectivity index (χ2n) is 7.08. The summed E-state index contributed by atoms with van der Waals surface area (Å²) in [6.45, 7) is 4.52. The van der Waals surface area contributed by atoms with Gasteiger partial charge < -0.3 is 5.11 Å². The quantitative estimate of drug-likeness (QED) is 0.835. The Balaban J connectivity index is 1.79. The Labute approximate surface area is 110 Å². The molecule has 0 spiro atoms. The Morgan fingerprint density at radius 2 is 1.61 bits per heavy atom. The Morgan fingerprint density at radius 1 is 1.11 bits per heavy atom. The van der Waals surface area contributed by atoms with Crippen LogP contribution in [0.1, 0.15) is 46.0 Å².